The fraction of sp³-hybridized carbons (Fsp3) is 0.444. The fourth-order valence-electron chi connectivity index (χ4n) is 2.37. The number of benzene rings is 1. The second-order valence-electron chi connectivity index (χ2n) is 6.10. The molecule has 1 aromatic carbocycles. The molecule has 0 amide bonds. The highest BCUT2D eigenvalue weighted by Gasteiger charge is 2.09. The predicted molar refractivity (Wildman–Crippen MR) is 88.7 cm³/mol. The summed E-state index contributed by atoms with van der Waals surface area (Å²) < 4.78 is 0. The average molecular weight is 283 g/mol. The smallest absolute Gasteiger partial charge is 0.125 e. The van der Waals surface area contributed by atoms with Crippen molar-refractivity contribution in [2.45, 2.75) is 53.0 Å². The Kier molecular flexibility index (Phi) is 4.94. The zero-order chi connectivity index (χ0) is 15.4. The zero-order valence-corrected chi connectivity index (χ0v) is 13.6. The van der Waals surface area contributed by atoms with Crippen LogP contribution in [0.3, 0.4) is 0 Å². The highest BCUT2D eigenvalue weighted by molar-refractivity contribution is 5.54. The van der Waals surface area contributed by atoms with Crippen LogP contribution >= 0.6 is 0 Å². The van der Waals surface area contributed by atoms with Crippen LogP contribution < -0.4 is 5.32 Å². The Hall–Kier alpha value is -1.90. The van der Waals surface area contributed by atoms with Gasteiger partial charge in [0.05, 0.1) is 12.2 Å². The summed E-state index contributed by atoms with van der Waals surface area (Å²) in [6, 6.07) is 8.68. The van der Waals surface area contributed by atoms with Gasteiger partial charge in [-0.25, -0.2) is 9.97 Å². The molecule has 0 aliphatic rings. The van der Waals surface area contributed by atoms with Crippen molar-refractivity contribution < 1.29 is 0 Å². The van der Waals surface area contributed by atoms with Gasteiger partial charge in [-0.05, 0) is 42.0 Å². The van der Waals surface area contributed by atoms with Crippen LogP contribution in [-0.2, 0) is 6.54 Å². The van der Waals surface area contributed by atoms with Crippen LogP contribution in [0, 0.1) is 6.92 Å². The number of rotatable bonds is 5. The predicted octanol–water partition coefficient (Wildman–Crippen LogP) is 4.64. The molecule has 0 bridgehead atoms. The molecule has 0 radical (unpaired) electrons. The minimum Gasteiger partial charge on any atom is -0.379 e. The molecule has 21 heavy (non-hydrogen) atoms. The molecule has 3 heteroatoms. The number of aromatic nitrogens is 2. The van der Waals surface area contributed by atoms with Crippen LogP contribution in [0.1, 0.15) is 62.2 Å². The van der Waals surface area contributed by atoms with Gasteiger partial charge < -0.3 is 5.32 Å². The molecule has 3 nitrogen and oxygen atoms in total. The Balaban J connectivity index is 2.19. The molecule has 1 aromatic heterocycles. The standard InChI is InChI=1S/C18H25N3/c1-12(2)15-6-7-18(17(10-15)13(3)4)20-11-16-8-9-19-14(5)21-16/h6-10,12-13,20H,11H2,1-5H3. The molecule has 0 unspecified atom stereocenters. The van der Waals surface area contributed by atoms with Gasteiger partial charge in [0.2, 0.25) is 0 Å². The summed E-state index contributed by atoms with van der Waals surface area (Å²) in [5.41, 5.74) is 4.98. The highest BCUT2D eigenvalue weighted by Crippen LogP contribution is 2.28. The number of hydrogen-bond acceptors (Lipinski definition) is 3. The normalized spacial score (nSPS) is 11.2. The van der Waals surface area contributed by atoms with Crippen molar-refractivity contribution in [3.63, 3.8) is 0 Å². The van der Waals surface area contributed by atoms with E-state index in [4.69, 9.17) is 0 Å². The molecule has 0 saturated heterocycles. The summed E-state index contributed by atoms with van der Waals surface area (Å²) in [5.74, 6) is 1.87. The van der Waals surface area contributed by atoms with Gasteiger partial charge in [0.15, 0.2) is 0 Å². The number of anilines is 1. The molecular weight excluding hydrogens is 258 g/mol. The summed E-state index contributed by atoms with van der Waals surface area (Å²) in [6.07, 6.45) is 1.81. The molecule has 0 aliphatic carbocycles. The van der Waals surface area contributed by atoms with Crippen LogP contribution in [0.25, 0.3) is 0 Å². The monoisotopic (exact) mass is 283 g/mol. The largest absolute Gasteiger partial charge is 0.379 e. The van der Waals surface area contributed by atoms with E-state index >= 15 is 0 Å². The molecule has 0 atom stereocenters. The first-order valence-corrected chi connectivity index (χ1v) is 7.63. The van der Waals surface area contributed by atoms with Gasteiger partial charge in [0.25, 0.3) is 0 Å². The third kappa shape index (κ3) is 4.03. The first-order valence-electron chi connectivity index (χ1n) is 7.63. The molecule has 1 N–H and O–H groups in total. The van der Waals surface area contributed by atoms with E-state index in [0.717, 1.165) is 18.1 Å². The van der Waals surface area contributed by atoms with Crippen molar-refractivity contribution >= 4 is 5.69 Å². The number of nitrogens with one attached hydrogen (secondary N) is 1. The van der Waals surface area contributed by atoms with E-state index in [1.165, 1.54) is 16.8 Å². The molecule has 1 heterocycles. The molecule has 0 spiro atoms. The van der Waals surface area contributed by atoms with Crippen LogP contribution in [0.15, 0.2) is 30.5 Å². The Labute approximate surface area is 127 Å². The minimum absolute atomic E-state index is 0.498. The van der Waals surface area contributed by atoms with Crippen LogP contribution in [-0.4, -0.2) is 9.97 Å². The van der Waals surface area contributed by atoms with Gasteiger partial charge in [-0.15, -0.1) is 0 Å². The zero-order valence-electron chi connectivity index (χ0n) is 13.6. The first-order chi connectivity index (χ1) is 9.97. The lowest BCUT2D eigenvalue weighted by atomic mass is 9.94. The van der Waals surface area contributed by atoms with Crippen LogP contribution in [0.2, 0.25) is 0 Å². The Morgan fingerprint density at radius 1 is 1.05 bits per heavy atom. The van der Waals surface area contributed by atoms with E-state index in [-0.39, 0.29) is 0 Å². The number of aryl methyl sites for hydroxylation is 1. The average Bonchev–Trinajstić information content (AvgIpc) is 2.44. The lowest BCUT2D eigenvalue weighted by Crippen LogP contribution is -2.06. The molecule has 0 fully saturated rings. The van der Waals surface area contributed by atoms with Crippen molar-refractivity contribution in [1.29, 1.82) is 0 Å². The van der Waals surface area contributed by atoms with Gasteiger partial charge in [-0.3, -0.25) is 0 Å². The SMILES string of the molecule is Cc1nccc(CNc2ccc(C(C)C)cc2C(C)C)n1. The lowest BCUT2D eigenvalue weighted by Gasteiger charge is -2.17. The molecule has 2 rings (SSSR count). The van der Waals surface area contributed by atoms with Crippen LogP contribution in [0.4, 0.5) is 5.69 Å². The Bertz CT molecular complexity index is 603. The molecule has 0 saturated carbocycles. The van der Waals surface area contributed by atoms with E-state index in [9.17, 15) is 0 Å². The Morgan fingerprint density at radius 2 is 1.81 bits per heavy atom. The third-order valence-electron chi connectivity index (χ3n) is 3.66. The van der Waals surface area contributed by atoms with Crippen molar-refractivity contribution in [2.24, 2.45) is 0 Å². The van der Waals surface area contributed by atoms with Crippen LogP contribution in [0.5, 0.6) is 0 Å². The van der Waals surface area contributed by atoms with E-state index in [1.807, 2.05) is 19.2 Å². The number of hydrogen-bond donors (Lipinski definition) is 1. The topological polar surface area (TPSA) is 37.8 Å². The van der Waals surface area contributed by atoms with E-state index in [0.29, 0.717) is 11.8 Å². The number of nitrogens with zero attached hydrogens (tertiary/aromatic N) is 2. The van der Waals surface area contributed by atoms with Crippen molar-refractivity contribution in [2.75, 3.05) is 5.32 Å². The summed E-state index contributed by atoms with van der Waals surface area (Å²) >= 11 is 0. The summed E-state index contributed by atoms with van der Waals surface area (Å²) in [6.45, 7) is 11.6. The minimum atomic E-state index is 0.498. The Morgan fingerprint density at radius 3 is 2.43 bits per heavy atom. The van der Waals surface area contributed by atoms with Gasteiger partial charge >= 0.3 is 0 Å². The summed E-state index contributed by atoms with van der Waals surface area (Å²) in [4.78, 5) is 8.57. The molecule has 112 valence electrons. The van der Waals surface area contributed by atoms with Gasteiger partial charge in [0.1, 0.15) is 5.82 Å². The van der Waals surface area contributed by atoms with Crippen molar-refractivity contribution in [1.82, 2.24) is 9.97 Å². The fourth-order valence-corrected chi connectivity index (χ4v) is 2.37. The second kappa shape index (κ2) is 6.70. The summed E-state index contributed by atoms with van der Waals surface area (Å²) in [5, 5.41) is 3.51. The van der Waals surface area contributed by atoms with Crippen molar-refractivity contribution in [3.8, 4) is 0 Å². The molecular formula is C18H25N3. The molecule has 2 aromatic rings. The van der Waals surface area contributed by atoms with Gasteiger partial charge in [0, 0.05) is 11.9 Å². The second-order valence-corrected chi connectivity index (χ2v) is 6.10. The quantitative estimate of drug-likeness (QED) is 0.868. The first kappa shape index (κ1) is 15.5. The highest BCUT2D eigenvalue weighted by atomic mass is 14.9. The van der Waals surface area contributed by atoms with Gasteiger partial charge in [-0.2, -0.15) is 0 Å². The third-order valence-corrected chi connectivity index (χ3v) is 3.66. The maximum absolute atomic E-state index is 4.43. The van der Waals surface area contributed by atoms with E-state index in [2.05, 4.69) is 61.2 Å². The van der Waals surface area contributed by atoms with Gasteiger partial charge in [-0.1, -0.05) is 39.8 Å². The van der Waals surface area contributed by atoms with E-state index < -0.39 is 0 Å². The molecule has 0 aliphatic heterocycles. The maximum Gasteiger partial charge on any atom is 0.125 e. The lowest BCUT2D eigenvalue weighted by molar-refractivity contribution is 0.832. The summed E-state index contributed by atoms with van der Waals surface area (Å²) in [7, 11) is 0. The van der Waals surface area contributed by atoms with E-state index in [1.54, 1.807) is 0 Å². The van der Waals surface area contributed by atoms with Crippen molar-refractivity contribution in [3.05, 3.63) is 53.1 Å². The maximum atomic E-state index is 4.43.